The van der Waals surface area contributed by atoms with Crippen molar-refractivity contribution in [3.8, 4) is 0 Å². The van der Waals surface area contributed by atoms with Crippen LogP contribution in [0.15, 0.2) is 0 Å². The van der Waals surface area contributed by atoms with Crippen LogP contribution < -0.4 is 5.73 Å². The van der Waals surface area contributed by atoms with Gasteiger partial charge < -0.3 is 5.73 Å². The van der Waals surface area contributed by atoms with Gasteiger partial charge in [-0.15, -0.1) is 37.2 Å². The minimum Gasteiger partial charge on any atom is -0.369 e. The van der Waals surface area contributed by atoms with Crippen molar-refractivity contribution < 1.29 is 4.79 Å². The van der Waals surface area contributed by atoms with Crippen LogP contribution in [0, 0.1) is 5.92 Å². The van der Waals surface area contributed by atoms with E-state index in [0.717, 1.165) is 12.8 Å². The zero-order chi connectivity index (χ0) is 4.57. The van der Waals surface area contributed by atoms with E-state index in [1.54, 1.807) is 0 Å². The highest BCUT2D eigenvalue weighted by Crippen LogP contribution is 2.27. The largest absolute Gasteiger partial charge is 0.369 e. The summed E-state index contributed by atoms with van der Waals surface area (Å²) in [5.41, 5.74) is 4.86. The molecule has 0 heterocycles. The summed E-state index contributed by atoms with van der Waals surface area (Å²) in [7, 11) is 0. The van der Waals surface area contributed by atoms with Gasteiger partial charge >= 0.3 is 0 Å². The third kappa shape index (κ3) is 6.22. The molecule has 1 aliphatic carbocycles. The molecule has 9 heavy (non-hydrogen) atoms. The average Bonchev–Trinajstić information content (AvgIpc) is 2.06. The van der Waals surface area contributed by atoms with E-state index in [-0.39, 0.29) is 49.0 Å². The van der Waals surface area contributed by atoms with E-state index >= 15 is 0 Å². The van der Waals surface area contributed by atoms with Gasteiger partial charge in [0.15, 0.2) is 0 Å². The number of rotatable bonds is 1. The highest BCUT2D eigenvalue weighted by atomic mass is 35.5. The Morgan fingerprint density at radius 2 is 1.56 bits per heavy atom. The maximum absolute atomic E-state index is 9.98. The summed E-state index contributed by atoms with van der Waals surface area (Å²) in [4.78, 5) is 9.98. The summed E-state index contributed by atoms with van der Waals surface area (Å²) in [6, 6.07) is 0. The molecule has 1 fully saturated rings. The molecule has 2 N–H and O–H groups in total. The minimum atomic E-state index is -0.130. The zero-order valence-electron chi connectivity index (χ0n) is 4.70. The van der Waals surface area contributed by atoms with Crippen LogP contribution in [0.25, 0.3) is 0 Å². The zero-order valence-corrected chi connectivity index (χ0v) is 7.15. The minimum absolute atomic E-state index is 0. The van der Waals surface area contributed by atoms with Crippen molar-refractivity contribution in [2.45, 2.75) is 12.8 Å². The molecule has 58 valence electrons. The van der Waals surface area contributed by atoms with Crippen LogP contribution in [0.3, 0.4) is 0 Å². The summed E-state index contributed by atoms with van der Waals surface area (Å²) in [6.07, 6.45) is 2.05. The van der Waals surface area contributed by atoms with E-state index in [1.807, 2.05) is 0 Å². The Morgan fingerprint density at radius 1 is 1.22 bits per heavy atom. The summed E-state index contributed by atoms with van der Waals surface area (Å²) in [5.74, 6) is 0.111. The molecule has 1 amide bonds. The van der Waals surface area contributed by atoms with Gasteiger partial charge in [-0.25, -0.2) is 0 Å². The molecular formula is C4H10Cl3NO. The number of primary amides is 1. The fraction of sp³-hybridized carbons (Fsp3) is 0.750. The van der Waals surface area contributed by atoms with Gasteiger partial charge in [-0.1, -0.05) is 0 Å². The van der Waals surface area contributed by atoms with Gasteiger partial charge in [0.05, 0.1) is 0 Å². The first-order valence-corrected chi connectivity index (χ1v) is 2.10. The molecule has 0 atom stereocenters. The topological polar surface area (TPSA) is 43.1 Å². The molecule has 0 radical (unpaired) electrons. The van der Waals surface area contributed by atoms with Gasteiger partial charge in [-0.2, -0.15) is 0 Å². The van der Waals surface area contributed by atoms with Crippen molar-refractivity contribution in [2.24, 2.45) is 11.7 Å². The number of nitrogens with two attached hydrogens (primary N) is 1. The maximum atomic E-state index is 9.98. The summed E-state index contributed by atoms with van der Waals surface area (Å²) in [6.45, 7) is 0. The molecule has 0 spiro atoms. The second kappa shape index (κ2) is 6.46. The number of carbonyl (C=O) groups is 1. The van der Waals surface area contributed by atoms with E-state index in [2.05, 4.69) is 0 Å². The lowest BCUT2D eigenvalue weighted by atomic mass is 10.4. The number of halogens is 3. The van der Waals surface area contributed by atoms with Gasteiger partial charge in [0.2, 0.25) is 5.91 Å². The predicted molar refractivity (Wildman–Crippen MR) is 43.7 cm³/mol. The first-order valence-electron chi connectivity index (χ1n) is 2.10. The molecule has 0 aromatic heterocycles. The Balaban J connectivity index is -0.000000120. The summed E-state index contributed by atoms with van der Waals surface area (Å²) in [5, 5.41) is 0. The number of carbonyl (C=O) groups excluding carboxylic acids is 1. The van der Waals surface area contributed by atoms with Crippen LogP contribution in [-0.4, -0.2) is 5.91 Å². The van der Waals surface area contributed by atoms with E-state index in [1.165, 1.54) is 0 Å². The lowest BCUT2D eigenvalue weighted by molar-refractivity contribution is -0.119. The second-order valence-corrected chi connectivity index (χ2v) is 1.68. The van der Waals surface area contributed by atoms with Crippen molar-refractivity contribution >= 4 is 43.1 Å². The van der Waals surface area contributed by atoms with Crippen LogP contribution in [0.2, 0.25) is 0 Å². The fourth-order valence-corrected chi connectivity index (χ4v) is 0.368. The molecule has 0 aromatic rings. The Hall–Kier alpha value is 0.340. The summed E-state index contributed by atoms with van der Waals surface area (Å²) >= 11 is 0. The van der Waals surface area contributed by atoms with E-state index < -0.39 is 0 Å². The second-order valence-electron chi connectivity index (χ2n) is 1.68. The van der Waals surface area contributed by atoms with Crippen LogP contribution >= 0.6 is 37.2 Å². The third-order valence-electron chi connectivity index (χ3n) is 0.980. The molecule has 2 nitrogen and oxygen atoms in total. The highest BCUT2D eigenvalue weighted by Gasteiger charge is 2.26. The number of hydrogen-bond donors (Lipinski definition) is 1. The molecule has 1 rings (SSSR count). The average molecular weight is 194 g/mol. The molecule has 0 aromatic carbocycles. The van der Waals surface area contributed by atoms with Gasteiger partial charge in [-0.05, 0) is 12.8 Å². The van der Waals surface area contributed by atoms with Crippen molar-refractivity contribution in [2.75, 3.05) is 0 Å². The van der Waals surface area contributed by atoms with Crippen LogP contribution in [0.4, 0.5) is 0 Å². The molecule has 0 unspecified atom stereocenters. The lowest BCUT2D eigenvalue weighted by Crippen LogP contribution is -2.11. The molecule has 0 aliphatic heterocycles. The van der Waals surface area contributed by atoms with Gasteiger partial charge in [-0.3, -0.25) is 4.79 Å². The van der Waals surface area contributed by atoms with Crippen molar-refractivity contribution in [3.63, 3.8) is 0 Å². The van der Waals surface area contributed by atoms with Crippen molar-refractivity contribution in [3.05, 3.63) is 0 Å². The maximum Gasteiger partial charge on any atom is 0.220 e. The monoisotopic (exact) mass is 193 g/mol. The molecule has 0 bridgehead atoms. The normalized spacial score (nSPS) is 13.8. The Morgan fingerprint density at radius 3 is 1.56 bits per heavy atom. The fourth-order valence-electron chi connectivity index (χ4n) is 0.368. The standard InChI is InChI=1S/C4H7NO.3ClH/c5-4(6)3-1-2-3;;;/h3H,1-2H2,(H2,5,6);3*1H. The Labute approximate surface area is 72.8 Å². The van der Waals surface area contributed by atoms with Gasteiger partial charge in [0.25, 0.3) is 0 Å². The smallest absolute Gasteiger partial charge is 0.220 e. The molecular weight excluding hydrogens is 184 g/mol. The SMILES string of the molecule is Cl.Cl.Cl.NC(=O)C1CC1. The molecule has 5 heteroatoms. The van der Waals surface area contributed by atoms with E-state index in [0.29, 0.717) is 0 Å². The first-order chi connectivity index (χ1) is 2.80. The lowest BCUT2D eigenvalue weighted by Gasteiger charge is -1.77. The van der Waals surface area contributed by atoms with Crippen molar-refractivity contribution in [1.29, 1.82) is 0 Å². The van der Waals surface area contributed by atoms with Gasteiger partial charge in [0.1, 0.15) is 0 Å². The van der Waals surface area contributed by atoms with Crippen molar-refractivity contribution in [1.82, 2.24) is 0 Å². The van der Waals surface area contributed by atoms with E-state index in [9.17, 15) is 4.79 Å². The van der Waals surface area contributed by atoms with Crippen LogP contribution in [0.1, 0.15) is 12.8 Å². The predicted octanol–water partition coefficient (Wildman–Crippen LogP) is 1.15. The third-order valence-corrected chi connectivity index (χ3v) is 0.980. The summed E-state index contributed by atoms with van der Waals surface area (Å²) < 4.78 is 0. The molecule has 1 saturated carbocycles. The quantitative estimate of drug-likeness (QED) is 0.669. The highest BCUT2D eigenvalue weighted by molar-refractivity contribution is 5.86. The van der Waals surface area contributed by atoms with Crippen LogP contribution in [0.5, 0.6) is 0 Å². The first kappa shape index (κ1) is 16.2. The number of amides is 1. The Kier molecular flexibility index (Phi) is 11.6. The Bertz CT molecular complexity index is 83.9. The van der Waals surface area contributed by atoms with Gasteiger partial charge in [0, 0.05) is 5.92 Å². The van der Waals surface area contributed by atoms with Crippen LogP contribution in [-0.2, 0) is 4.79 Å². The van der Waals surface area contributed by atoms with E-state index in [4.69, 9.17) is 5.73 Å². The molecule has 1 aliphatic rings. The number of hydrogen-bond acceptors (Lipinski definition) is 1. The molecule has 0 saturated heterocycles.